The van der Waals surface area contributed by atoms with Gasteiger partial charge in [-0.1, -0.05) is 29.8 Å². The number of aromatic nitrogens is 2. The number of nitrogens with zero attached hydrogens (tertiary/aromatic N) is 2. The van der Waals surface area contributed by atoms with Crippen molar-refractivity contribution in [1.82, 2.24) is 20.6 Å². The van der Waals surface area contributed by atoms with Crippen molar-refractivity contribution in [2.24, 2.45) is 0 Å². The highest BCUT2D eigenvalue weighted by atomic mass is 35.5. The Labute approximate surface area is 130 Å². The molecule has 0 saturated heterocycles. The third kappa shape index (κ3) is 3.76. The molecular formula is C13H11ClN6O2. The summed E-state index contributed by atoms with van der Waals surface area (Å²) >= 11 is 5.63. The predicted octanol–water partition coefficient (Wildman–Crippen LogP) is 0.807. The van der Waals surface area contributed by atoms with Gasteiger partial charge in [-0.05, 0) is 12.1 Å². The normalized spacial score (nSPS) is 9.86. The number of nitrogen functional groups attached to an aromatic ring is 1. The van der Waals surface area contributed by atoms with E-state index in [0.29, 0.717) is 5.56 Å². The molecule has 0 aliphatic heterocycles. The SMILES string of the molecule is N=C(NC(=O)c1ccccc1)NC(=O)c1nc(Cl)cnc1N. The van der Waals surface area contributed by atoms with Crippen LogP contribution in [-0.4, -0.2) is 27.7 Å². The molecular weight excluding hydrogens is 308 g/mol. The van der Waals surface area contributed by atoms with Gasteiger partial charge in [0.25, 0.3) is 11.8 Å². The number of guanidine groups is 1. The molecule has 0 aliphatic rings. The fraction of sp³-hybridized carbons (Fsp3) is 0. The fourth-order valence-electron chi connectivity index (χ4n) is 1.52. The molecule has 2 amide bonds. The number of benzene rings is 1. The minimum Gasteiger partial charge on any atom is -0.382 e. The Kier molecular flexibility index (Phi) is 4.64. The van der Waals surface area contributed by atoms with Crippen LogP contribution in [0.1, 0.15) is 20.8 Å². The van der Waals surface area contributed by atoms with Gasteiger partial charge in [0.15, 0.2) is 11.5 Å². The summed E-state index contributed by atoms with van der Waals surface area (Å²) in [6, 6.07) is 8.26. The van der Waals surface area contributed by atoms with Crippen LogP contribution in [0.25, 0.3) is 0 Å². The molecule has 0 radical (unpaired) electrons. The number of carbonyl (C=O) groups is 2. The highest BCUT2D eigenvalue weighted by Gasteiger charge is 2.16. The van der Waals surface area contributed by atoms with E-state index in [-0.39, 0.29) is 16.7 Å². The van der Waals surface area contributed by atoms with Gasteiger partial charge in [-0.15, -0.1) is 0 Å². The molecule has 5 N–H and O–H groups in total. The molecule has 8 nitrogen and oxygen atoms in total. The van der Waals surface area contributed by atoms with Crippen molar-refractivity contribution < 1.29 is 9.59 Å². The molecule has 0 spiro atoms. The largest absolute Gasteiger partial charge is 0.382 e. The summed E-state index contributed by atoms with van der Waals surface area (Å²) in [7, 11) is 0. The molecule has 1 aromatic carbocycles. The van der Waals surface area contributed by atoms with Crippen LogP contribution >= 0.6 is 11.6 Å². The summed E-state index contributed by atoms with van der Waals surface area (Å²) in [5, 5.41) is 11.9. The fourth-order valence-corrected chi connectivity index (χ4v) is 1.66. The van der Waals surface area contributed by atoms with Crippen LogP contribution in [0.4, 0.5) is 5.82 Å². The van der Waals surface area contributed by atoms with Crippen molar-refractivity contribution in [3.05, 3.63) is 52.9 Å². The highest BCUT2D eigenvalue weighted by molar-refractivity contribution is 6.29. The second-order valence-corrected chi connectivity index (χ2v) is 4.46. The Morgan fingerprint density at radius 2 is 1.77 bits per heavy atom. The number of amides is 2. The number of nitrogens with two attached hydrogens (primary N) is 1. The quantitative estimate of drug-likeness (QED) is 0.480. The number of halogens is 1. The molecule has 1 heterocycles. The summed E-state index contributed by atoms with van der Waals surface area (Å²) in [6.07, 6.45) is 1.19. The van der Waals surface area contributed by atoms with Crippen LogP contribution in [-0.2, 0) is 0 Å². The third-order valence-electron chi connectivity index (χ3n) is 2.50. The number of rotatable bonds is 2. The lowest BCUT2D eigenvalue weighted by Crippen LogP contribution is -2.43. The molecule has 112 valence electrons. The first-order valence-corrected chi connectivity index (χ1v) is 6.39. The lowest BCUT2D eigenvalue weighted by atomic mass is 10.2. The van der Waals surface area contributed by atoms with E-state index >= 15 is 0 Å². The maximum Gasteiger partial charge on any atom is 0.280 e. The van der Waals surface area contributed by atoms with Crippen LogP contribution in [0.15, 0.2) is 36.5 Å². The Bertz CT molecular complexity index is 735. The van der Waals surface area contributed by atoms with E-state index in [1.54, 1.807) is 30.3 Å². The van der Waals surface area contributed by atoms with Crippen molar-refractivity contribution >= 4 is 35.2 Å². The van der Waals surface area contributed by atoms with E-state index < -0.39 is 17.8 Å². The molecule has 0 bridgehead atoms. The minimum absolute atomic E-state index is 0.0146. The molecule has 0 aliphatic carbocycles. The second kappa shape index (κ2) is 6.64. The summed E-state index contributed by atoms with van der Waals surface area (Å²) in [5.74, 6) is -1.98. The number of carbonyl (C=O) groups excluding carboxylic acids is 2. The van der Waals surface area contributed by atoms with Gasteiger partial charge in [0.2, 0.25) is 5.96 Å². The van der Waals surface area contributed by atoms with E-state index in [1.807, 2.05) is 0 Å². The molecule has 1 aromatic heterocycles. The first-order valence-electron chi connectivity index (χ1n) is 6.01. The molecule has 9 heteroatoms. The zero-order valence-electron chi connectivity index (χ0n) is 11.1. The second-order valence-electron chi connectivity index (χ2n) is 4.08. The van der Waals surface area contributed by atoms with Crippen molar-refractivity contribution in [1.29, 1.82) is 5.41 Å². The standard InChI is InChI=1S/C13H11ClN6O2/c14-8-6-17-10(15)9(18-8)12(22)20-13(16)19-11(21)7-4-2-1-3-5-7/h1-6H,(H2,15,17)(H3,16,19,20,21,22). The summed E-state index contributed by atoms with van der Waals surface area (Å²) in [5.41, 5.74) is 5.63. The van der Waals surface area contributed by atoms with E-state index in [9.17, 15) is 9.59 Å². The van der Waals surface area contributed by atoms with Gasteiger partial charge in [-0.3, -0.25) is 25.6 Å². The van der Waals surface area contributed by atoms with Gasteiger partial charge in [0.05, 0.1) is 6.20 Å². The van der Waals surface area contributed by atoms with Gasteiger partial charge >= 0.3 is 0 Å². The number of hydrogen-bond donors (Lipinski definition) is 4. The number of anilines is 1. The molecule has 0 unspecified atom stereocenters. The Balaban J connectivity index is 2.01. The zero-order valence-corrected chi connectivity index (χ0v) is 11.9. The predicted molar refractivity (Wildman–Crippen MR) is 80.6 cm³/mol. The van der Waals surface area contributed by atoms with E-state index in [0.717, 1.165) is 0 Å². The van der Waals surface area contributed by atoms with Crippen molar-refractivity contribution in [3.63, 3.8) is 0 Å². The summed E-state index contributed by atoms with van der Waals surface area (Å²) in [6.45, 7) is 0. The minimum atomic E-state index is -0.800. The first-order chi connectivity index (χ1) is 10.5. The summed E-state index contributed by atoms with van der Waals surface area (Å²) in [4.78, 5) is 31.1. The van der Waals surface area contributed by atoms with Crippen molar-refractivity contribution in [2.75, 3.05) is 5.73 Å². The molecule has 0 fully saturated rings. The molecule has 2 aromatic rings. The van der Waals surface area contributed by atoms with E-state index in [2.05, 4.69) is 20.6 Å². The average Bonchev–Trinajstić information content (AvgIpc) is 2.50. The Morgan fingerprint density at radius 3 is 2.45 bits per heavy atom. The smallest absolute Gasteiger partial charge is 0.280 e. The van der Waals surface area contributed by atoms with Gasteiger partial charge in [-0.25, -0.2) is 9.97 Å². The molecule has 0 atom stereocenters. The van der Waals surface area contributed by atoms with Gasteiger partial charge in [0.1, 0.15) is 5.15 Å². The van der Waals surface area contributed by atoms with E-state index in [1.165, 1.54) is 6.20 Å². The monoisotopic (exact) mass is 318 g/mol. The molecule has 22 heavy (non-hydrogen) atoms. The Morgan fingerprint density at radius 1 is 1.14 bits per heavy atom. The number of nitrogens with one attached hydrogen (secondary N) is 3. The van der Waals surface area contributed by atoms with Crippen LogP contribution in [0.3, 0.4) is 0 Å². The lowest BCUT2D eigenvalue weighted by Gasteiger charge is -2.09. The van der Waals surface area contributed by atoms with Crippen LogP contribution in [0.2, 0.25) is 5.15 Å². The van der Waals surface area contributed by atoms with Crippen LogP contribution in [0.5, 0.6) is 0 Å². The Hall–Kier alpha value is -3.00. The zero-order chi connectivity index (χ0) is 16.1. The van der Waals surface area contributed by atoms with E-state index in [4.69, 9.17) is 22.7 Å². The third-order valence-corrected chi connectivity index (χ3v) is 2.68. The molecule has 0 saturated carbocycles. The number of hydrogen-bond acceptors (Lipinski definition) is 6. The average molecular weight is 319 g/mol. The van der Waals surface area contributed by atoms with Gasteiger partial charge < -0.3 is 5.73 Å². The van der Waals surface area contributed by atoms with Crippen molar-refractivity contribution in [2.45, 2.75) is 0 Å². The topological polar surface area (TPSA) is 134 Å². The maximum absolute atomic E-state index is 11.9. The van der Waals surface area contributed by atoms with Crippen LogP contribution in [0, 0.1) is 5.41 Å². The maximum atomic E-state index is 11.9. The first kappa shape index (κ1) is 15.4. The molecule has 2 rings (SSSR count). The van der Waals surface area contributed by atoms with Gasteiger partial charge in [-0.2, -0.15) is 0 Å². The van der Waals surface area contributed by atoms with Gasteiger partial charge in [0, 0.05) is 5.56 Å². The van der Waals surface area contributed by atoms with Crippen molar-refractivity contribution in [3.8, 4) is 0 Å². The van der Waals surface area contributed by atoms with Crippen LogP contribution < -0.4 is 16.4 Å². The lowest BCUT2D eigenvalue weighted by molar-refractivity contribution is 0.0963. The summed E-state index contributed by atoms with van der Waals surface area (Å²) < 4.78 is 0. The highest BCUT2D eigenvalue weighted by Crippen LogP contribution is 2.09.